The van der Waals surface area contributed by atoms with E-state index < -0.39 is 5.97 Å². The number of nitrogens with one attached hydrogen (secondary N) is 1. The van der Waals surface area contributed by atoms with Gasteiger partial charge in [0.1, 0.15) is 5.01 Å². The quantitative estimate of drug-likeness (QED) is 0.545. The summed E-state index contributed by atoms with van der Waals surface area (Å²) < 4.78 is 6.58. The molecule has 0 atom stereocenters. The highest BCUT2D eigenvalue weighted by Gasteiger charge is 2.18. The predicted molar refractivity (Wildman–Crippen MR) is 105 cm³/mol. The molecular formula is C19H17N5O2S. The van der Waals surface area contributed by atoms with Crippen LogP contribution in [-0.4, -0.2) is 39.7 Å². The number of hydrogen-bond donors (Lipinski definition) is 1. The fourth-order valence-electron chi connectivity index (χ4n) is 2.74. The van der Waals surface area contributed by atoms with Crippen molar-refractivity contribution in [2.45, 2.75) is 6.92 Å². The summed E-state index contributed by atoms with van der Waals surface area (Å²) in [5, 5.41) is 8.25. The van der Waals surface area contributed by atoms with Gasteiger partial charge < -0.3 is 10.1 Å². The Bertz CT molecular complexity index is 1130. The van der Waals surface area contributed by atoms with Crippen LogP contribution in [0.1, 0.15) is 15.4 Å². The molecule has 0 aliphatic rings. The van der Waals surface area contributed by atoms with E-state index in [4.69, 9.17) is 4.74 Å². The van der Waals surface area contributed by atoms with E-state index in [-0.39, 0.29) is 0 Å². The van der Waals surface area contributed by atoms with Crippen LogP contribution in [0.25, 0.3) is 27.5 Å². The number of aryl methyl sites for hydroxylation is 1. The third-order valence-electron chi connectivity index (χ3n) is 4.13. The van der Waals surface area contributed by atoms with Crippen molar-refractivity contribution < 1.29 is 9.53 Å². The zero-order valence-electron chi connectivity index (χ0n) is 15.1. The standard InChI is InChI=1S/C19H17N5O2S/c1-11-8-9-24-15(21-11)10-14(23-24)12-4-6-13(7-5-12)18-22-17(20-2)16(27-18)19(25)26-3/h4-10,20H,1-3H3. The number of rotatable bonds is 4. The summed E-state index contributed by atoms with van der Waals surface area (Å²) in [7, 11) is 3.09. The minimum atomic E-state index is -0.396. The van der Waals surface area contributed by atoms with Gasteiger partial charge in [0.15, 0.2) is 16.3 Å². The Morgan fingerprint density at radius 1 is 1.15 bits per heavy atom. The van der Waals surface area contributed by atoms with Crippen LogP contribution in [-0.2, 0) is 4.74 Å². The Balaban J connectivity index is 1.67. The maximum absolute atomic E-state index is 11.9. The van der Waals surface area contributed by atoms with Crippen molar-refractivity contribution in [2.75, 3.05) is 19.5 Å². The molecule has 8 heteroatoms. The van der Waals surface area contributed by atoms with Gasteiger partial charge >= 0.3 is 5.97 Å². The number of thiazole rings is 1. The van der Waals surface area contributed by atoms with E-state index in [1.807, 2.05) is 49.5 Å². The Hall–Kier alpha value is -3.26. The van der Waals surface area contributed by atoms with Gasteiger partial charge in [0, 0.05) is 36.1 Å². The van der Waals surface area contributed by atoms with Crippen LogP contribution in [0.5, 0.6) is 0 Å². The molecule has 0 fully saturated rings. The number of anilines is 1. The summed E-state index contributed by atoms with van der Waals surface area (Å²) in [6, 6.07) is 11.8. The van der Waals surface area contributed by atoms with Crippen LogP contribution in [0.3, 0.4) is 0 Å². The van der Waals surface area contributed by atoms with Crippen molar-refractivity contribution in [3.63, 3.8) is 0 Å². The summed E-state index contributed by atoms with van der Waals surface area (Å²) in [4.78, 5) is 21.3. The summed E-state index contributed by atoms with van der Waals surface area (Å²) >= 11 is 1.30. The molecule has 1 N–H and O–H groups in total. The van der Waals surface area contributed by atoms with Crippen molar-refractivity contribution >= 4 is 28.8 Å². The largest absolute Gasteiger partial charge is 0.465 e. The Kier molecular flexibility index (Phi) is 4.33. The Morgan fingerprint density at radius 2 is 1.89 bits per heavy atom. The van der Waals surface area contributed by atoms with E-state index in [0.29, 0.717) is 10.7 Å². The molecule has 0 aliphatic carbocycles. The summed E-state index contributed by atoms with van der Waals surface area (Å²) in [6.45, 7) is 1.96. The predicted octanol–water partition coefficient (Wildman–Crippen LogP) is 3.66. The SMILES string of the molecule is CNc1nc(-c2ccc(-c3cc4nc(C)ccn4n3)cc2)sc1C(=O)OC. The molecule has 0 radical (unpaired) electrons. The highest BCUT2D eigenvalue weighted by Crippen LogP contribution is 2.32. The lowest BCUT2D eigenvalue weighted by Crippen LogP contribution is -2.02. The second kappa shape index (κ2) is 6.81. The monoisotopic (exact) mass is 379 g/mol. The number of methoxy groups -OCH3 is 1. The third kappa shape index (κ3) is 3.15. The molecule has 7 nitrogen and oxygen atoms in total. The van der Waals surface area contributed by atoms with Crippen LogP contribution in [0.2, 0.25) is 0 Å². The first-order valence-corrected chi connectivity index (χ1v) is 9.11. The van der Waals surface area contributed by atoms with Crippen LogP contribution < -0.4 is 5.32 Å². The van der Waals surface area contributed by atoms with Gasteiger partial charge in [-0.25, -0.2) is 19.3 Å². The zero-order valence-corrected chi connectivity index (χ0v) is 15.9. The van der Waals surface area contributed by atoms with Crippen molar-refractivity contribution in [1.29, 1.82) is 0 Å². The molecule has 1 aromatic carbocycles. The maximum atomic E-state index is 11.9. The van der Waals surface area contributed by atoms with Gasteiger partial charge in [-0.2, -0.15) is 5.10 Å². The molecule has 0 amide bonds. The van der Waals surface area contributed by atoms with Crippen LogP contribution >= 0.6 is 11.3 Å². The van der Waals surface area contributed by atoms with E-state index in [2.05, 4.69) is 20.4 Å². The first-order chi connectivity index (χ1) is 13.1. The van der Waals surface area contributed by atoms with Crippen molar-refractivity contribution in [3.8, 4) is 21.8 Å². The molecule has 3 heterocycles. The molecule has 0 unspecified atom stereocenters. The van der Waals surface area contributed by atoms with Gasteiger partial charge in [0.2, 0.25) is 0 Å². The first kappa shape index (κ1) is 17.2. The lowest BCUT2D eigenvalue weighted by Gasteiger charge is -1.99. The van der Waals surface area contributed by atoms with Crippen molar-refractivity contribution in [2.24, 2.45) is 0 Å². The smallest absolute Gasteiger partial charge is 0.351 e. The minimum absolute atomic E-state index is 0.396. The van der Waals surface area contributed by atoms with Gasteiger partial charge in [-0.05, 0) is 13.0 Å². The Morgan fingerprint density at radius 3 is 2.59 bits per heavy atom. The molecular weight excluding hydrogens is 362 g/mol. The molecule has 27 heavy (non-hydrogen) atoms. The number of carbonyl (C=O) groups is 1. The molecule has 0 saturated heterocycles. The average molecular weight is 379 g/mol. The number of fused-ring (bicyclic) bond motifs is 1. The lowest BCUT2D eigenvalue weighted by molar-refractivity contribution is 0.0607. The zero-order chi connectivity index (χ0) is 19.0. The third-order valence-corrected chi connectivity index (χ3v) is 5.21. The second-order valence-electron chi connectivity index (χ2n) is 5.92. The number of aromatic nitrogens is 4. The summed E-state index contributed by atoms with van der Waals surface area (Å²) in [6.07, 6.45) is 1.90. The normalized spacial score (nSPS) is 10.9. The maximum Gasteiger partial charge on any atom is 0.351 e. The summed E-state index contributed by atoms with van der Waals surface area (Å²) in [5.41, 5.74) is 4.53. The fourth-order valence-corrected chi connectivity index (χ4v) is 3.74. The van der Waals surface area contributed by atoms with Crippen LogP contribution in [0.4, 0.5) is 5.82 Å². The first-order valence-electron chi connectivity index (χ1n) is 8.30. The molecule has 0 aliphatic heterocycles. The number of esters is 1. The van der Waals surface area contributed by atoms with E-state index >= 15 is 0 Å². The molecule has 3 aromatic heterocycles. The van der Waals surface area contributed by atoms with E-state index in [9.17, 15) is 4.79 Å². The molecule has 0 saturated carbocycles. The second-order valence-corrected chi connectivity index (χ2v) is 6.92. The number of carbonyl (C=O) groups excluding carboxylic acids is 1. The number of nitrogens with zero attached hydrogens (tertiary/aromatic N) is 4. The van der Waals surface area contributed by atoms with Crippen LogP contribution in [0.15, 0.2) is 42.6 Å². The van der Waals surface area contributed by atoms with Crippen LogP contribution in [0, 0.1) is 6.92 Å². The van der Waals surface area contributed by atoms with E-state index in [1.165, 1.54) is 18.4 Å². The molecule has 4 rings (SSSR count). The van der Waals surface area contributed by atoms with Crippen molar-refractivity contribution in [1.82, 2.24) is 19.6 Å². The Labute approximate surface area is 159 Å². The summed E-state index contributed by atoms with van der Waals surface area (Å²) in [5.74, 6) is 0.125. The highest BCUT2D eigenvalue weighted by molar-refractivity contribution is 7.17. The number of hydrogen-bond acceptors (Lipinski definition) is 7. The molecule has 4 aromatic rings. The minimum Gasteiger partial charge on any atom is -0.465 e. The van der Waals surface area contributed by atoms with E-state index in [1.54, 1.807) is 11.6 Å². The lowest BCUT2D eigenvalue weighted by atomic mass is 10.1. The number of ether oxygens (including phenoxy) is 1. The highest BCUT2D eigenvalue weighted by atomic mass is 32.1. The van der Waals surface area contributed by atoms with Crippen molar-refractivity contribution in [3.05, 3.63) is 53.2 Å². The number of benzene rings is 1. The molecule has 0 bridgehead atoms. The topological polar surface area (TPSA) is 81.4 Å². The van der Waals surface area contributed by atoms with Gasteiger partial charge in [-0.3, -0.25) is 0 Å². The van der Waals surface area contributed by atoms with Gasteiger partial charge in [0.05, 0.1) is 12.8 Å². The fraction of sp³-hybridized carbons (Fsp3) is 0.158. The van der Waals surface area contributed by atoms with Gasteiger partial charge in [-0.1, -0.05) is 24.3 Å². The average Bonchev–Trinajstić information content (AvgIpc) is 3.31. The van der Waals surface area contributed by atoms with Gasteiger partial charge in [0.25, 0.3) is 0 Å². The van der Waals surface area contributed by atoms with E-state index in [0.717, 1.165) is 33.2 Å². The molecule has 136 valence electrons. The molecule has 0 spiro atoms. The van der Waals surface area contributed by atoms with Gasteiger partial charge in [-0.15, -0.1) is 11.3 Å².